The average molecular weight is 449 g/mol. The van der Waals surface area contributed by atoms with Gasteiger partial charge < -0.3 is 9.26 Å². The van der Waals surface area contributed by atoms with Crippen LogP contribution in [0.5, 0.6) is 0 Å². The van der Waals surface area contributed by atoms with E-state index in [1.54, 1.807) is 56.3 Å². The molecule has 3 aromatic rings. The Bertz CT molecular complexity index is 1160. The summed E-state index contributed by atoms with van der Waals surface area (Å²) in [5, 5.41) is 7.10. The van der Waals surface area contributed by atoms with E-state index in [0.717, 1.165) is 0 Å². The molecule has 7 nitrogen and oxygen atoms in total. The number of hydrogen-bond donors (Lipinski definition) is 1. The number of aryl methyl sites for hydroxylation is 1. The number of carbonyl (C=O) groups excluding carboxylic acids is 1. The minimum Gasteiger partial charge on any atom is -0.441 e. The molecule has 0 aliphatic carbocycles. The van der Waals surface area contributed by atoms with Crippen LogP contribution in [0, 0.1) is 6.92 Å². The summed E-state index contributed by atoms with van der Waals surface area (Å²) in [6.45, 7) is 3.42. The van der Waals surface area contributed by atoms with Crippen LogP contribution in [-0.2, 0) is 20.3 Å². The first-order valence-electron chi connectivity index (χ1n) is 9.09. The van der Waals surface area contributed by atoms with Crippen molar-refractivity contribution in [2.45, 2.75) is 25.7 Å². The molecule has 0 fully saturated rings. The van der Waals surface area contributed by atoms with Gasteiger partial charge in [0.1, 0.15) is 17.5 Å². The van der Waals surface area contributed by atoms with Gasteiger partial charge >= 0.3 is 6.09 Å². The van der Waals surface area contributed by atoms with Crippen LogP contribution in [-0.4, -0.2) is 25.9 Å². The lowest BCUT2D eigenvalue weighted by molar-refractivity contribution is 0.121. The molecule has 30 heavy (non-hydrogen) atoms. The quantitative estimate of drug-likeness (QED) is 0.559. The summed E-state index contributed by atoms with van der Waals surface area (Å²) in [6, 6.07) is 13.9. The molecule has 0 bridgehead atoms. The molecular weight excluding hydrogens is 428 g/mol. The van der Waals surface area contributed by atoms with Gasteiger partial charge in [-0.05, 0) is 25.5 Å². The summed E-state index contributed by atoms with van der Waals surface area (Å²) in [7, 11) is -3.13. The molecule has 9 heteroatoms. The number of nitrogens with one attached hydrogen (secondary N) is 1. The van der Waals surface area contributed by atoms with Crippen molar-refractivity contribution in [3.05, 3.63) is 70.4 Å². The zero-order valence-electron chi connectivity index (χ0n) is 16.7. The second kappa shape index (κ2) is 8.89. The van der Waals surface area contributed by atoms with E-state index in [1.165, 1.54) is 6.26 Å². The van der Waals surface area contributed by atoms with Gasteiger partial charge in [0, 0.05) is 22.4 Å². The number of carbonyl (C=O) groups is 1. The number of benzene rings is 2. The van der Waals surface area contributed by atoms with Crippen LogP contribution in [0.4, 0.5) is 10.5 Å². The first-order valence-corrected chi connectivity index (χ1v) is 11.5. The number of anilines is 1. The molecule has 1 atom stereocenters. The highest BCUT2D eigenvalue weighted by Crippen LogP contribution is 2.32. The molecular formula is C21H21ClN2O5S. The molecule has 158 valence electrons. The highest BCUT2D eigenvalue weighted by molar-refractivity contribution is 7.89. The summed E-state index contributed by atoms with van der Waals surface area (Å²) in [6.07, 6.45) is -0.0564. The van der Waals surface area contributed by atoms with Crippen LogP contribution in [0.1, 0.15) is 29.8 Å². The lowest BCUT2D eigenvalue weighted by atomic mass is 10.1. The molecule has 0 aliphatic rings. The Morgan fingerprint density at radius 1 is 1.20 bits per heavy atom. The Morgan fingerprint density at radius 2 is 1.87 bits per heavy atom. The summed E-state index contributed by atoms with van der Waals surface area (Å²) >= 11 is 6.15. The van der Waals surface area contributed by atoms with Crippen molar-refractivity contribution in [1.82, 2.24) is 5.16 Å². The maximum Gasteiger partial charge on any atom is 0.412 e. The van der Waals surface area contributed by atoms with Crippen molar-refractivity contribution in [2.24, 2.45) is 0 Å². The minimum absolute atomic E-state index is 0.0555. The lowest BCUT2D eigenvalue weighted by Crippen LogP contribution is -2.17. The van der Waals surface area contributed by atoms with Gasteiger partial charge in [-0.2, -0.15) is 0 Å². The van der Waals surface area contributed by atoms with Crippen molar-refractivity contribution >= 4 is 33.2 Å². The van der Waals surface area contributed by atoms with Crippen molar-refractivity contribution in [3.63, 3.8) is 0 Å². The highest BCUT2D eigenvalue weighted by Gasteiger charge is 2.20. The topological polar surface area (TPSA) is 98.5 Å². The van der Waals surface area contributed by atoms with Crippen LogP contribution >= 0.6 is 11.6 Å². The third-order valence-electron chi connectivity index (χ3n) is 4.36. The van der Waals surface area contributed by atoms with Gasteiger partial charge in [-0.1, -0.05) is 59.2 Å². The summed E-state index contributed by atoms with van der Waals surface area (Å²) in [5.74, 6) is 0.292. The predicted octanol–water partition coefficient (Wildman–Crippen LogP) is 5.16. The van der Waals surface area contributed by atoms with Crippen molar-refractivity contribution in [1.29, 1.82) is 0 Å². The fourth-order valence-electron chi connectivity index (χ4n) is 2.93. The molecule has 0 unspecified atom stereocenters. The number of amides is 1. The van der Waals surface area contributed by atoms with E-state index in [9.17, 15) is 13.2 Å². The first kappa shape index (κ1) is 21.9. The Kier molecular flexibility index (Phi) is 6.48. The summed E-state index contributed by atoms with van der Waals surface area (Å²) in [5.41, 5.74) is 2.84. The average Bonchev–Trinajstić information content (AvgIpc) is 3.02. The Hall–Kier alpha value is -2.84. The van der Waals surface area contributed by atoms with E-state index in [-0.39, 0.29) is 5.75 Å². The molecule has 1 heterocycles. The zero-order chi connectivity index (χ0) is 21.9. The number of halogens is 1. The first-order chi connectivity index (χ1) is 14.1. The number of sulfone groups is 1. The molecule has 0 spiro atoms. The fraction of sp³-hybridized carbons (Fsp3) is 0.238. The van der Waals surface area contributed by atoms with Gasteiger partial charge in [0.15, 0.2) is 15.6 Å². The maximum atomic E-state index is 12.4. The monoisotopic (exact) mass is 448 g/mol. The van der Waals surface area contributed by atoms with E-state index in [4.69, 9.17) is 20.9 Å². The third-order valence-corrected chi connectivity index (χ3v) is 5.56. The number of rotatable bonds is 6. The second-order valence-electron chi connectivity index (χ2n) is 6.93. The van der Waals surface area contributed by atoms with Crippen LogP contribution in [0.2, 0.25) is 5.02 Å². The van der Waals surface area contributed by atoms with Crippen LogP contribution in [0.15, 0.2) is 53.1 Å². The van der Waals surface area contributed by atoms with Gasteiger partial charge in [0.25, 0.3) is 0 Å². The zero-order valence-corrected chi connectivity index (χ0v) is 18.3. The highest BCUT2D eigenvalue weighted by atomic mass is 35.5. The molecule has 0 aliphatic heterocycles. The standard InChI is InChI=1S/C21H21ClN2O5S/c1-13-19(23-21(25)28-14(2)17-6-4-5-7-18(17)22)20(29-24-13)16-10-8-15(9-11-16)12-30(3,26)27/h4-11,14H,12H2,1-3H3,(H,23,25)/t14-/m1/s1. The Labute approximate surface area is 179 Å². The minimum atomic E-state index is -3.13. The predicted molar refractivity (Wildman–Crippen MR) is 115 cm³/mol. The lowest BCUT2D eigenvalue weighted by Gasteiger charge is -2.15. The largest absolute Gasteiger partial charge is 0.441 e. The normalized spacial score (nSPS) is 12.4. The van der Waals surface area contributed by atoms with E-state index in [0.29, 0.717) is 38.9 Å². The summed E-state index contributed by atoms with van der Waals surface area (Å²) < 4.78 is 33.7. The second-order valence-corrected chi connectivity index (χ2v) is 9.48. The van der Waals surface area contributed by atoms with E-state index in [1.807, 2.05) is 6.07 Å². The molecule has 2 aromatic carbocycles. The number of ether oxygens (including phenoxy) is 1. The SMILES string of the molecule is Cc1noc(-c2ccc(CS(C)(=O)=O)cc2)c1NC(=O)O[C@H](C)c1ccccc1Cl. The van der Waals surface area contributed by atoms with Crippen molar-refractivity contribution in [2.75, 3.05) is 11.6 Å². The maximum absolute atomic E-state index is 12.4. The van der Waals surface area contributed by atoms with Gasteiger partial charge in [-0.25, -0.2) is 13.2 Å². The van der Waals surface area contributed by atoms with Crippen LogP contribution < -0.4 is 5.32 Å². The van der Waals surface area contributed by atoms with Crippen molar-refractivity contribution < 1.29 is 22.5 Å². The molecule has 3 rings (SSSR count). The van der Waals surface area contributed by atoms with E-state index in [2.05, 4.69) is 10.5 Å². The third kappa shape index (κ3) is 5.40. The van der Waals surface area contributed by atoms with Crippen molar-refractivity contribution in [3.8, 4) is 11.3 Å². The molecule has 1 amide bonds. The molecule has 0 saturated heterocycles. The molecule has 1 aromatic heterocycles. The van der Waals surface area contributed by atoms with Gasteiger partial charge in [0.05, 0.1) is 5.75 Å². The van der Waals surface area contributed by atoms with Crippen LogP contribution in [0.25, 0.3) is 11.3 Å². The molecule has 1 N–H and O–H groups in total. The fourth-order valence-corrected chi connectivity index (χ4v) is 4.02. The van der Waals surface area contributed by atoms with Gasteiger partial charge in [0.2, 0.25) is 0 Å². The van der Waals surface area contributed by atoms with E-state index < -0.39 is 22.0 Å². The van der Waals surface area contributed by atoms with Gasteiger partial charge in [-0.3, -0.25) is 5.32 Å². The number of hydrogen-bond acceptors (Lipinski definition) is 6. The smallest absolute Gasteiger partial charge is 0.412 e. The van der Waals surface area contributed by atoms with Crippen LogP contribution in [0.3, 0.4) is 0 Å². The Balaban J connectivity index is 1.76. The summed E-state index contributed by atoms with van der Waals surface area (Å²) in [4.78, 5) is 12.4. The molecule has 0 radical (unpaired) electrons. The Morgan fingerprint density at radius 3 is 2.50 bits per heavy atom. The number of aromatic nitrogens is 1. The van der Waals surface area contributed by atoms with E-state index >= 15 is 0 Å². The molecule has 0 saturated carbocycles. The number of nitrogens with zero attached hydrogens (tertiary/aromatic N) is 1. The van der Waals surface area contributed by atoms with Gasteiger partial charge in [-0.15, -0.1) is 0 Å².